The van der Waals surface area contributed by atoms with Crippen molar-refractivity contribution in [2.75, 3.05) is 0 Å². The summed E-state index contributed by atoms with van der Waals surface area (Å²) in [5.74, 6) is -4.83. The van der Waals surface area contributed by atoms with Gasteiger partial charge in [-0.2, -0.15) is 26.3 Å². The van der Waals surface area contributed by atoms with Crippen LogP contribution in [-0.2, 0) is 9.47 Å². The molecule has 0 N–H and O–H groups in total. The van der Waals surface area contributed by atoms with Crippen LogP contribution in [0.3, 0.4) is 0 Å². The first-order valence-corrected chi connectivity index (χ1v) is 4.83. The third kappa shape index (κ3) is 2.09. The Balaban J connectivity index is 3.34. The summed E-state index contributed by atoms with van der Waals surface area (Å²) >= 11 is 10.8. The van der Waals surface area contributed by atoms with Crippen molar-refractivity contribution in [3.8, 4) is 0 Å². The predicted molar refractivity (Wildman–Crippen MR) is 45.5 cm³/mol. The number of ether oxygens (including phenoxy) is 2. The van der Waals surface area contributed by atoms with E-state index < -0.39 is 28.3 Å². The normalized spacial score (nSPS) is 38.5. The molecule has 1 aliphatic rings. The van der Waals surface area contributed by atoms with E-state index in [2.05, 4.69) is 9.47 Å². The summed E-state index contributed by atoms with van der Waals surface area (Å²) in [6, 6.07) is 0. The van der Waals surface area contributed by atoms with Crippen molar-refractivity contribution in [3.05, 3.63) is 0 Å². The molecule has 2 unspecified atom stereocenters. The van der Waals surface area contributed by atoms with Crippen molar-refractivity contribution in [3.63, 3.8) is 0 Å². The highest BCUT2D eigenvalue weighted by molar-refractivity contribution is 6.33. The lowest BCUT2D eigenvalue weighted by Gasteiger charge is -2.31. The first kappa shape index (κ1) is 15.1. The fraction of sp³-hybridized carbons (Fsp3) is 1.00. The van der Waals surface area contributed by atoms with E-state index in [9.17, 15) is 26.3 Å². The molecule has 1 fully saturated rings. The van der Waals surface area contributed by atoms with Crippen LogP contribution in [0.4, 0.5) is 26.3 Å². The summed E-state index contributed by atoms with van der Waals surface area (Å²) < 4.78 is 82.8. The molecule has 0 radical (unpaired) electrons. The van der Waals surface area contributed by atoms with Gasteiger partial charge in [-0.25, -0.2) is 0 Å². The Morgan fingerprint density at radius 2 is 1.00 bits per heavy atom. The fourth-order valence-electron chi connectivity index (χ4n) is 1.14. The van der Waals surface area contributed by atoms with E-state index in [0.717, 1.165) is 13.8 Å². The number of halogens is 8. The Labute approximate surface area is 102 Å². The van der Waals surface area contributed by atoms with Gasteiger partial charge in [0, 0.05) is 0 Å². The van der Waals surface area contributed by atoms with Crippen molar-refractivity contribution in [1.82, 2.24) is 0 Å². The maximum absolute atomic E-state index is 12.5. The molecule has 1 saturated heterocycles. The molecule has 17 heavy (non-hydrogen) atoms. The lowest BCUT2D eigenvalue weighted by atomic mass is 10.2. The molecule has 2 nitrogen and oxygen atoms in total. The number of rotatable bonds is 0. The Bertz CT molecular complexity index is 289. The van der Waals surface area contributed by atoms with Gasteiger partial charge in [0.2, 0.25) is 0 Å². The van der Waals surface area contributed by atoms with Gasteiger partial charge in [0.15, 0.2) is 10.1 Å². The average molecular weight is 307 g/mol. The molecule has 0 spiro atoms. The van der Waals surface area contributed by atoms with Crippen LogP contribution < -0.4 is 0 Å². The Hall–Kier alpha value is 0.0800. The van der Waals surface area contributed by atoms with Crippen LogP contribution in [0.2, 0.25) is 0 Å². The van der Waals surface area contributed by atoms with Crippen molar-refractivity contribution in [1.29, 1.82) is 0 Å². The highest BCUT2D eigenvalue weighted by atomic mass is 35.5. The summed E-state index contributed by atoms with van der Waals surface area (Å²) in [6.45, 7) is 1.50. The molecule has 10 heteroatoms. The Kier molecular flexibility index (Phi) is 3.16. The van der Waals surface area contributed by atoms with Crippen molar-refractivity contribution in [2.45, 2.75) is 42.1 Å². The van der Waals surface area contributed by atoms with Crippen LogP contribution in [-0.4, -0.2) is 28.3 Å². The second-order valence-electron chi connectivity index (χ2n) is 3.65. The smallest absolute Gasteiger partial charge is 0.309 e. The van der Waals surface area contributed by atoms with Gasteiger partial charge in [-0.15, -0.1) is 0 Å². The quantitative estimate of drug-likeness (QED) is 0.501. The third-order valence-corrected chi connectivity index (χ3v) is 3.19. The molecule has 102 valence electrons. The molecule has 1 aliphatic heterocycles. The number of hydrogen-bond donors (Lipinski definition) is 0. The highest BCUT2D eigenvalue weighted by Crippen LogP contribution is 2.59. The zero-order valence-corrected chi connectivity index (χ0v) is 9.85. The topological polar surface area (TPSA) is 18.5 Å². The summed E-state index contributed by atoms with van der Waals surface area (Å²) in [6.07, 6.45) is -11.7. The first-order valence-electron chi connectivity index (χ1n) is 4.08. The molecule has 0 amide bonds. The predicted octanol–water partition coefficient (Wildman–Crippen LogP) is 3.76. The van der Waals surface area contributed by atoms with Crippen LogP contribution in [0.15, 0.2) is 0 Å². The van der Waals surface area contributed by atoms with Gasteiger partial charge in [0.05, 0.1) is 0 Å². The minimum atomic E-state index is -5.87. The maximum atomic E-state index is 12.5. The molecule has 0 aliphatic carbocycles. The van der Waals surface area contributed by atoms with Gasteiger partial charge in [-0.3, -0.25) is 0 Å². The summed E-state index contributed by atoms with van der Waals surface area (Å²) in [4.78, 5) is 0. The van der Waals surface area contributed by atoms with E-state index in [1.165, 1.54) is 0 Å². The van der Waals surface area contributed by atoms with Gasteiger partial charge in [-0.05, 0) is 13.8 Å². The maximum Gasteiger partial charge on any atom is 0.453 e. The lowest BCUT2D eigenvalue weighted by molar-refractivity contribution is -0.447. The largest absolute Gasteiger partial charge is 0.453 e. The first-order chi connectivity index (χ1) is 7.16. The lowest BCUT2D eigenvalue weighted by Crippen LogP contribution is -2.58. The molecule has 0 aromatic rings. The van der Waals surface area contributed by atoms with E-state index in [4.69, 9.17) is 23.2 Å². The number of alkyl halides is 8. The number of hydrogen-bond acceptors (Lipinski definition) is 2. The standard InChI is InChI=1S/C7H6Cl2F6O2/c1-3(8)4(2,9)17-5(16-3,6(10,11)12)7(13,14)15/h1-2H3. The molecule has 0 saturated carbocycles. The average Bonchev–Trinajstić information content (AvgIpc) is 2.15. The summed E-state index contributed by atoms with van der Waals surface area (Å²) in [5, 5.41) is -4.97. The Morgan fingerprint density at radius 3 is 1.12 bits per heavy atom. The molecule has 2 atom stereocenters. The van der Waals surface area contributed by atoms with E-state index >= 15 is 0 Å². The van der Waals surface area contributed by atoms with Gasteiger partial charge in [0.25, 0.3) is 0 Å². The van der Waals surface area contributed by atoms with E-state index in [1.54, 1.807) is 0 Å². The third-order valence-electron chi connectivity index (χ3n) is 2.21. The zero-order chi connectivity index (χ0) is 13.9. The van der Waals surface area contributed by atoms with E-state index in [0.29, 0.717) is 0 Å². The molecule has 1 rings (SSSR count). The molecule has 0 aromatic heterocycles. The van der Waals surface area contributed by atoms with Gasteiger partial charge < -0.3 is 9.47 Å². The molecule has 0 bridgehead atoms. The minimum Gasteiger partial charge on any atom is -0.309 e. The van der Waals surface area contributed by atoms with Crippen molar-refractivity contribution < 1.29 is 35.8 Å². The van der Waals surface area contributed by atoms with E-state index in [-0.39, 0.29) is 0 Å². The Morgan fingerprint density at radius 1 is 0.765 bits per heavy atom. The van der Waals surface area contributed by atoms with Crippen LogP contribution in [0.5, 0.6) is 0 Å². The molecular weight excluding hydrogens is 301 g/mol. The van der Waals surface area contributed by atoms with Crippen molar-refractivity contribution in [2.24, 2.45) is 0 Å². The van der Waals surface area contributed by atoms with Gasteiger partial charge >= 0.3 is 18.1 Å². The van der Waals surface area contributed by atoms with Crippen molar-refractivity contribution >= 4 is 23.2 Å². The monoisotopic (exact) mass is 306 g/mol. The minimum absolute atomic E-state index is 0.751. The summed E-state index contributed by atoms with van der Waals surface area (Å²) in [7, 11) is 0. The fourth-order valence-corrected chi connectivity index (χ4v) is 1.43. The van der Waals surface area contributed by atoms with Gasteiger partial charge in [0.1, 0.15) is 0 Å². The van der Waals surface area contributed by atoms with Crippen LogP contribution in [0, 0.1) is 0 Å². The highest BCUT2D eigenvalue weighted by Gasteiger charge is 2.83. The summed E-state index contributed by atoms with van der Waals surface area (Å²) in [5.41, 5.74) is 0. The second kappa shape index (κ2) is 3.55. The molecular formula is C7H6Cl2F6O2. The van der Waals surface area contributed by atoms with E-state index in [1.807, 2.05) is 0 Å². The second-order valence-corrected chi connectivity index (χ2v) is 5.09. The van der Waals surface area contributed by atoms with Crippen LogP contribution in [0.25, 0.3) is 0 Å². The SMILES string of the molecule is CC1(Cl)OC(C(F)(F)F)(C(F)(F)F)OC1(C)Cl. The molecule has 1 heterocycles. The molecule has 0 aromatic carbocycles. The zero-order valence-electron chi connectivity index (χ0n) is 8.34. The van der Waals surface area contributed by atoms with Crippen LogP contribution in [0.1, 0.15) is 13.8 Å². The van der Waals surface area contributed by atoms with Gasteiger partial charge in [-0.1, -0.05) is 23.2 Å². The van der Waals surface area contributed by atoms with Crippen LogP contribution >= 0.6 is 23.2 Å².